The average Bonchev–Trinajstić information content (AvgIpc) is 3.34. The van der Waals surface area contributed by atoms with Crippen molar-refractivity contribution in [1.29, 1.82) is 0 Å². The second-order valence-electron chi connectivity index (χ2n) is 5.39. The van der Waals surface area contributed by atoms with Gasteiger partial charge in [-0.1, -0.05) is 30.3 Å². The van der Waals surface area contributed by atoms with E-state index in [1.165, 1.54) is 17.3 Å². The van der Waals surface area contributed by atoms with Gasteiger partial charge in [0.05, 0.1) is 5.56 Å². The number of hydrogen-bond donors (Lipinski definition) is 1. The van der Waals surface area contributed by atoms with Gasteiger partial charge in [0.25, 0.3) is 5.91 Å². The summed E-state index contributed by atoms with van der Waals surface area (Å²) in [7, 11) is 0. The molecule has 1 aromatic heterocycles. The number of aromatic nitrogens is 1. The van der Waals surface area contributed by atoms with Gasteiger partial charge in [0.2, 0.25) is 0 Å². The fraction of sp³-hybridized carbons (Fsp3) is 0.294. The number of amides is 1. The first-order valence-electron chi connectivity index (χ1n) is 7.08. The molecule has 0 aliphatic heterocycles. The molecule has 4 heteroatoms. The zero-order chi connectivity index (χ0) is 14.7. The van der Waals surface area contributed by atoms with E-state index in [4.69, 9.17) is 0 Å². The van der Waals surface area contributed by atoms with Gasteiger partial charge in [0.1, 0.15) is 5.03 Å². The predicted molar refractivity (Wildman–Crippen MR) is 85.7 cm³/mol. The van der Waals surface area contributed by atoms with Gasteiger partial charge in [-0.3, -0.25) is 4.79 Å². The maximum Gasteiger partial charge on any atom is 0.254 e. The molecule has 0 saturated heterocycles. The molecule has 3 nitrogen and oxygen atoms in total. The molecule has 1 fully saturated rings. The summed E-state index contributed by atoms with van der Waals surface area (Å²) in [5.74, 6) is -0.0327. The largest absolute Gasteiger partial charge is 0.351 e. The molecule has 0 bridgehead atoms. The highest BCUT2D eigenvalue weighted by molar-refractivity contribution is 7.98. The van der Waals surface area contributed by atoms with Gasteiger partial charge in [-0.15, -0.1) is 11.8 Å². The number of nitrogens with zero attached hydrogens (tertiary/aromatic N) is 1. The van der Waals surface area contributed by atoms with Crippen LogP contribution in [0.25, 0.3) is 0 Å². The Morgan fingerprint density at radius 3 is 2.67 bits per heavy atom. The van der Waals surface area contributed by atoms with Gasteiger partial charge < -0.3 is 5.32 Å². The Balaban J connectivity index is 1.69. The summed E-state index contributed by atoms with van der Waals surface area (Å²) in [6.07, 6.45) is 5.93. The third-order valence-electron chi connectivity index (χ3n) is 4.04. The van der Waals surface area contributed by atoms with Crippen molar-refractivity contribution in [1.82, 2.24) is 10.3 Å². The minimum atomic E-state index is -0.0327. The summed E-state index contributed by atoms with van der Waals surface area (Å²) >= 11 is 1.50. The molecule has 1 aliphatic rings. The van der Waals surface area contributed by atoms with Crippen molar-refractivity contribution in [3.8, 4) is 0 Å². The predicted octanol–water partition coefficient (Wildman–Crippen LogP) is 3.27. The molecule has 21 heavy (non-hydrogen) atoms. The van der Waals surface area contributed by atoms with Crippen molar-refractivity contribution >= 4 is 17.7 Å². The molecule has 1 heterocycles. The molecule has 0 atom stereocenters. The summed E-state index contributed by atoms with van der Waals surface area (Å²) in [5, 5.41) is 3.86. The lowest BCUT2D eigenvalue weighted by atomic mass is 9.96. The molecule has 1 aromatic carbocycles. The fourth-order valence-electron chi connectivity index (χ4n) is 2.58. The first-order chi connectivity index (χ1) is 10.2. The Morgan fingerprint density at radius 2 is 2.00 bits per heavy atom. The average molecular weight is 298 g/mol. The molecule has 0 spiro atoms. The van der Waals surface area contributed by atoms with E-state index in [0.717, 1.165) is 17.9 Å². The standard InChI is InChI=1S/C17H18N2OS/c1-21-16-14(8-5-11-18-16)15(20)19-12-17(9-10-17)13-6-3-2-4-7-13/h2-8,11H,9-10,12H2,1H3,(H,19,20). The normalized spacial score (nSPS) is 15.5. The number of carbonyl (C=O) groups is 1. The molecule has 1 saturated carbocycles. The van der Waals surface area contributed by atoms with Gasteiger partial charge in [-0.2, -0.15) is 0 Å². The van der Waals surface area contributed by atoms with Crippen LogP contribution in [0.3, 0.4) is 0 Å². The van der Waals surface area contributed by atoms with Crippen LogP contribution in [-0.4, -0.2) is 23.7 Å². The first kappa shape index (κ1) is 14.1. The quantitative estimate of drug-likeness (QED) is 0.862. The van der Waals surface area contributed by atoms with Crippen LogP contribution in [0.15, 0.2) is 53.7 Å². The van der Waals surface area contributed by atoms with E-state index in [-0.39, 0.29) is 11.3 Å². The van der Waals surface area contributed by atoms with Gasteiger partial charge in [0, 0.05) is 18.2 Å². The van der Waals surface area contributed by atoms with Gasteiger partial charge in [0.15, 0.2) is 0 Å². The van der Waals surface area contributed by atoms with Crippen molar-refractivity contribution < 1.29 is 4.79 Å². The van der Waals surface area contributed by atoms with Crippen molar-refractivity contribution in [3.05, 3.63) is 59.8 Å². The SMILES string of the molecule is CSc1ncccc1C(=O)NCC1(c2ccccc2)CC1. The maximum atomic E-state index is 12.4. The molecule has 108 valence electrons. The topological polar surface area (TPSA) is 42.0 Å². The van der Waals surface area contributed by atoms with Crippen LogP contribution in [0.4, 0.5) is 0 Å². The Kier molecular flexibility index (Phi) is 3.97. The molecule has 1 N–H and O–H groups in total. The van der Waals surface area contributed by atoms with E-state index in [1.807, 2.05) is 18.4 Å². The first-order valence-corrected chi connectivity index (χ1v) is 8.30. The number of carbonyl (C=O) groups excluding carboxylic acids is 1. The fourth-order valence-corrected chi connectivity index (χ4v) is 3.13. The molecule has 2 aromatic rings. The van der Waals surface area contributed by atoms with Crippen LogP contribution in [-0.2, 0) is 5.41 Å². The van der Waals surface area contributed by atoms with Crippen LogP contribution in [0.5, 0.6) is 0 Å². The van der Waals surface area contributed by atoms with Gasteiger partial charge in [-0.25, -0.2) is 4.98 Å². The number of hydrogen-bond acceptors (Lipinski definition) is 3. The smallest absolute Gasteiger partial charge is 0.254 e. The van der Waals surface area contributed by atoms with E-state index in [2.05, 4.69) is 34.6 Å². The molecule has 0 unspecified atom stereocenters. The minimum absolute atomic E-state index is 0.0327. The van der Waals surface area contributed by atoms with Crippen LogP contribution in [0, 0.1) is 0 Å². The molecule has 1 aliphatic carbocycles. The van der Waals surface area contributed by atoms with Crippen LogP contribution in [0.1, 0.15) is 28.8 Å². The second-order valence-corrected chi connectivity index (χ2v) is 6.18. The van der Waals surface area contributed by atoms with Crippen molar-refractivity contribution in [3.63, 3.8) is 0 Å². The number of pyridine rings is 1. The van der Waals surface area contributed by atoms with Crippen molar-refractivity contribution in [2.75, 3.05) is 12.8 Å². The highest BCUT2D eigenvalue weighted by Gasteiger charge is 2.44. The molecule has 1 amide bonds. The number of rotatable bonds is 5. The van der Waals surface area contributed by atoms with Crippen LogP contribution in [0.2, 0.25) is 0 Å². The molecular weight excluding hydrogens is 280 g/mol. The third-order valence-corrected chi connectivity index (χ3v) is 4.75. The van der Waals surface area contributed by atoms with E-state index in [0.29, 0.717) is 12.1 Å². The Labute approximate surface area is 129 Å². The van der Waals surface area contributed by atoms with E-state index < -0.39 is 0 Å². The van der Waals surface area contributed by atoms with E-state index >= 15 is 0 Å². The number of nitrogens with one attached hydrogen (secondary N) is 1. The Bertz CT molecular complexity index is 638. The lowest BCUT2D eigenvalue weighted by molar-refractivity contribution is 0.0946. The number of thioether (sulfide) groups is 1. The van der Waals surface area contributed by atoms with Crippen molar-refractivity contribution in [2.24, 2.45) is 0 Å². The second kappa shape index (κ2) is 5.90. The summed E-state index contributed by atoms with van der Waals surface area (Å²) in [4.78, 5) is 16.6. The summed E-state index contributed by atoms with van der Waals surface area (Å²) < 4.78 is 0. The van der Waals surface area contributed by atoms with E-state index in [9.17, 15) is 4.79 Å². The monoisotopic (exact) mass is 298 g/mol. The van der Waals surface area contributed by atoms with Crippen LogP contribution < -0.4 is 5.32 Å². The summed E-state index contributed by atoms with van der Waals surface area (Å²) in [5.41, 5.74) is 2.12. The molecule has 3 rings (SSSR count). The summed E-state index contributed by atoms with van der Waals surface area (Å²) in [6, 6.07) is 14.1. The molecule has 0 radical (unpaired) electrons. The summed E-state index contributed by atoms with van der Waals surface area (Å²) in [6.45, 7) is 0.693. The minimum Gasteiger partial charge on any atom is -0.351 e. The highest BCUT2D eigenvalue weighted by Crippen LogP contribution is 2.47. The zero-order valence-electron chi connectivity index (χ0n) is 12.0. The van der Waals surface area contributed by atoms with Gasteiger partial charge in [-0.05, 0) is 36.8 Å². The number of benzene rings is 1. The lowest BCUT2D eigenvalue weighted by Crippen LogP contribution is -2.32. The highest BCUT2D eigenvalue weighted by atomic mass is 32.2. The van der Waals surface area contributed by atoms with E-state index in [1.54, 1.807) is 12.3 Å². The Hall–Kier alpha value is -1.81. The lowest BCUT2D eigenvalue weighted by Gasteiger charge is -2.17. The van der Waals surface area contributed by atoms with Gasteiger partial charge >= 0.3 is 0 Å². The van der Waals surface area contributed by atoms with Crippen LogP contribution >= 0.6 is 11.8 Å². The van der Waals surface area contributed by atoms with Crippen molar-refractivity contribution in [2.45, 2.75) is 23.3 Å². The Morgan fingerprint density at radius 1 is 1.24 bits per heavy atom. The maximum absolute atomic E-state index is 12.4. The third kappa shape index (κ3) is 2.95. The zero-order valence-corrected chi connectivity index (χ0v) is 12.8. The molecular formula is C17H18N2OS.